The summed E-state index contributed by atoms with van der Waals surface area (Å²) in [6.07, 6.45) is 1.27. The number of hydrogen-bond acceptors (Lipinski definition) is 7. The van der Waals surface area contributed by atoms with Crippen molar-refractivity contribution in [2.45, 2.75) is 13.1 Å². The molecule has 4 aromatic rings. The number of nitrogens with zero attached hydrogens (tertiary/aromatic N) is 5. The Morgan fingerprint density at radius 1 is 1.09 bits per heavy atom. The number of methoxy groups -OCH3 is 2. The molecule has 11 heteroatoms. The van der Waals surface area contributed by atoms with Gasteiger partial charge in [0.25, 0.3) is 5.56 Å². The minimum absolute atomic E-state index is 0.0357. The van der Waals surface area contributed by atoms with Gasteiger partial charge in [0, 0.05) is 11.8 Å². The van der Waals surface area contributed by atoms with Crippen LogP contribution in [0.1, 0.15) is 5.56 Å². The van der Waals surface area contributed by atoms with Crippen LogP contribution in [0.25, 0.3) is 11.2 Å². The molecule has 4 rings (SSSR count). The van der Waals surface area contributed by atoms with Crippen molar-refractivity contribution in [3.8, 4) is 11.5 Å². The number of carbonyl (C=O) groups is 1. The van der Waals surface area contributed by atoms with E-state index in [1.165, 1.54) is 37.4 Å². The molecule has 2 aromatic carbocycles. The van der Waals surface area contributed by atoms with Gasteiger partial charge < -0.3 is 14.8 Å². The van der Waals surface area contributed by atoms with E-state index < -0.39 is 11.5 Å². The largest absolute Gasteiger partial charge is 0.493 e. The van der Waals surface area contributed by atoms with Gasteiger partial charge in [-0.1, -0.05) is 17.3 Å². The Kier molecular flexibility index (Phi) is 5.79. The maximum absolute atomic E-state index is 13.1. The molecule has 1 N–H and O–H groups in total. The fourth-order valence-corrected chi connectivity index (χ4v) is 3.14. The Bertz CT molecular complexity index is 1330. The van der Waals surface area contributed by atoms with Gasteiger partial charge in [-0.2, -0.15) is 0 Å². The molecule has 0 bridgehead atoms. The Hall–Kier alpha value is -4.28. The Morgan fingerprint density at radius 3 is 2.56 bits per heavy atom. The number of amides is 1. The molecule has 0 saturated heterocycles. The van der Waals surface area contributed by atoms with Crippen LogP contribution in [0.2, 0.25) is 0 Å². The highest BCUT2D eigenvalue weighted by atomic mass is 19.1. The molecule has 0 fully saturated rings. The van der Waals surface area contributed by atoms with Crippen molar-refractivity contribution in [3.05, 3.63) is 70.5 Å². The van der Waals surface area contributed by atoms with E-state index in [1.807, 2.05) is 0 Å². The SMILES string of the molecule is COc1ccc(NC(=O)Cn2cnc3c(nnn3Cc3ccc(F)cc3)c2=O)cc1OC. The van der Waals surface area contributed by atoms with Gasteiger partial charge in [0.1, 0.15) is 18.7 Å². The normalized spacial score (nSPS) is 10.8. The molecule has 0 aliphatic rings. The number of fused-ring (bicyclic) bond motifs is 1. The number of halogens is 1. The fourth-order valence-electron chi connectivity index (χ4n) is 3.14. The van der Waals surface area contributed by atoms with Crippen molar-refractivity contribution in [1.82, 2.24) is 24.5 Å². The fraction of sp³-hybridized carbons (Fsp3) is 0.190. The molecule has 0 spiro atoms. The van der Waals surface area contributed by atoms with Crippen LogP contribution in [-0.2, 0) is 17.9 Å². The van der Waals surface area contributed by atoms with E-state index in [2.05, 4.69) is 20.6 Å². The first kappa shape index (κ1) is 21.0. The van der Waals surface area contributed by atoms with Crippen LogP contribution in [0.3, 0.4) is 0 Å². The molecule has 0 atom stereocenters. The average molecular weight is 438 g/mol. The molecule has 32 heavy (non-hydrogen) atoms. The average Bonchev–Trinajstić information content (AvgIpc) is 3.20. The minimum atomic E-state index is -0.497. The topological polar surface area (TPSA) is 113 Å². The number of aromatic nitrogens is 5. The van der Waals surface area contributed by atoms with E-state index in [0.717, 1.165) is 10.1 Å². The van der Waals surface area contributed by atoms with Crippen LogP contribution in [0, 0.1) is 5.82 Å². The molecule has 0 aliphatic heterocycles. The molecule has 10 nitrogen and oxygen atoms in total. The van der Waals surface area contributed by atoms with Crippen molar-refractivity contribution >= 4 is 22.8 Å². The van der Waals surface area contributed by atoms with Crippen molar-refractivity contribution in [2.24, 2.45) is 0 Å². The molecule has 1 amide bonds. The van der Waals surface area contributed by atoms with Gasteiger partial charge in [0.2, 0.25) is 5.91 Å². The molecule has 0 aliphatic carbocycles. The quantitative estimate of drug-likeness (QED) is 0.468. The van der Waals surface area contributed by atoms with Gasteiger partial charge in [0.05, 0.1) is 20.8 Å². The number of benzene rings is 2. The standard InChI is InChI=1S/C21H19FN6O4/c1-31-16-8-7-15(9-17(16)32-2)24-18(29)11-27-12-23-20-19(21(27)30)25-26-28(20)10-13-3-5-14(22)6-4-13/h3-9,12H,10-11H2,1-2H3,(H,24,29). The molecule has 164 valence electrons. The zero-order chi connectivity index (χ0) is 22.7. The molecule has 0 radical (unpaired) electrons. The minimum Gasteiger partial charge on any atom is -0.493 e. The number of carbonyl (C=O) groups excluding carboxylic acids is 1. The second-order valence-corrected chi connectivity index (χ2v) is 6.84. The molecular formula is C21H19FN6O4. The van der Waals surface area contributed by atoms with Crippen LogP contribution in [0.4, 0.5) is 10.1 Å². The monoisotopic (exact) mass is 438 g/mol. The van der Waals surface area contributed by atoms with Crippen molar-refractivity contribution in [1.29, 1.82) is 0 Å². The predicted octanol–water partition coefficient (Wildman–Crippen LogP) is 1.83. The zero-order valence-corrected chi connectivity index (χ0v) is 17.3. The highest BCUT2D eigenvalue weighted by Gasteiger charge is 2.15. The van der Waals surface area contributed by atoms with E-state index >= 15 is 0 Å². The summed E-state index contributed by atoms with van der Waals surface area (Å²) in [4.78, 5) is 29.4. The molecule has 2 heterocycles. The third-order valence-corrected chi connectivity index (χ3v) is 4.72. The van der Waals surface area contributed by atoms with Gasteiger partial charge in [0.15, 0.2) is 22.7 Å². The number of anilines is 1. The maximum Gasteiger partial charge on any atom is 0.283 e. The summed E-state index contributed by atoms with van der Waals surface area (Å²) in [5.74, 6) is 0.215. The summed E-state index contributed by atoms with van der Waals surface area (Å²) in [7, 11) is 3.01. The predicted molar refractivity (Wildman–Crippen MR) is 113 cm³/mol. The van der Waals surface area contributed by atoms with E-state index in [1.54, 1.807) is 30.3 Å². The molecule has 0 saturated carbocycles. The van der Waals surface area contributed by atoms with E-state index in [-0.39, 0.29) is 30.1 Å². The number of ether oxygens (including phenoxy) is 2. The van der Waals surface area contributed by atoms with Gasteiger partial charge in [-0.25, -0.2) is 14.1 Å². The first-order valence-corrected chi connectivity index (χ1v) is 9.53. The lowest BCUT2D eigenvalue weighted by Gasteiger charge is -2.11. The van der Waals surface area contributed by atoms with E-state index in [0.29, 0.717) is 17.2 Å². The highest BCUT2D eigenvalue weighted by Crippen LogP contribution is 2.29. The lowest BCUT2D eigenvalue weighted by molar-refractivity contribution is -0.116. The second-order valence-electron chi connectivity index (χ2n) is 6.84. The molecule has 0 unspecified atom stereocenters. The van der Waals surface area contributed by atoms with Crippen LogP contribution in [-0.4, -0.2) is 44.7 Å². The van der Waals surface area contributed by atoms with Crippen LogP contribution >= 0.6 is 0 Å². The number of nitrogens with one attached hydrogen (secondary N) is 1. The Morgan fingerprint density at radius 2 is 1.84 bits per heavy atom. The summed E-state index contributed by atoms with van der Waals surface area (Å²) in [6.45, 7) is 0.00790. The zero-order valence-electron chi connectivity index (χ0n) is 17.3. The number of rotatable bonds is 7. The van der Waals surface area contributed by atoms with E-state index in [4.69, 9.17) is 9.47 Å². The van der Waals surface area contributed by atoms with Gasteiger partial charge in [-0.05, 0) is 29.8 Å². The third-order valence-electron chi connectivity index (χ3n) is 4.72. The summed E-state index contributed by atoms with van der Waals surface area (Å²) in [5.41, 5.74) is 1.07. The Labute approximate surface area is 181 Å². The smallest absolute Gasteiger partial charge is 0.283 e. The number of hydrogen-bond donors (Lipinski definition) is 1. The summed E-state index contributed by atoms with van der Waals surface area (Å²) >= 11 is 0. The first-order chi connectivity index (χ1) is 15.5. The van der Waals surface area contributed by atoms with Crippen LogP contribution < -0.4 is 20.3 Å². The molecule has 2 aromatic heterocycles. The van der Waals surface area contributed by atoms with Crippen molar-refractivity contribution in [3.63, 3.8) is 0 Å². The first-order valence-electron chi connectivity index (χ1n) is 9.53. The maximum atomic E-state index is 13.1. The lowest BCUT2D eigenvalue weighted by atomic mass is 10.2. The van der Waals surface area contributed by atoms with Crippen LogP contribution in [0.5, 0.6) is 11.5 Å². The van der Waals surface area contributed by atoms with Gasteiger partial charge in [-0.3, -0.25) is 14.2 Å². The second kappa shape index (κ2) is 8.84. The third kappa shape index (κ3) is 4.26. The van der Waals surface area contributed by atoms with Gasteiger partial charge >= 0.3 is 0 Å². The lowest BCUT2D eigenvalue weighted by Crippen LogP contribution is -2.28. The highest BCUT2D eigenvalue weighted by molar-refractivity contribution is 5.91. The summed E-state index contributed by atoms with van der Waals surface area (Å²) in [6, 6.07) is 10.8. The summed E-state index contributed by atoms with van der Waals surface area (Å²) in [5, 5.41) is 10.6. The summed E-state index contributed by atoms with van der Waals surface area (Å²) < 4.78 is 26.1. The van der Waals surface area contributed by atoms with Crippen molar-refractivity contribution in [2.75, 3.05) is 19.5 Å². The van der Waals surface area contributed by atoms with Crippen LogP contribution in [0.15, 0.2) is 53.6 Å². The van der Waals surface area contributed by atoms with E-state index in [9.17, 15) is 14.0 Å². The van der Waals surface area contributed by atoms with Gasteiger partial charge in [-0.15, -0.1) is 5.10 Å². The Balaban J connectivity index is 1.51. The molecular weight excluding hydrogens is 419 g/mol. The van der Waals surface area contributed by atoms with Crippen molar-refractivity contribution < 1.29 is 18.7 Å².